The van der Waals surface area contributed by atoms with Gasteiger partial charge in [0, 0.05) is 13.1 Å². The lowest BCUT2D eigenvalue weighted by atomic mass is 9.97. The number of likely N-dealkylation sites (tertiary alicyclic amines) is 1. The number of carbonyl (C=O) groups is 2. The Hall–Kier alpha value is -1.54. The van der Waals surface area contributed by atoms with E-state index in [2.05, 4.69) is 40.4 Å². The van der Waals surface area contributed by atoms with Crippen LogP contribution < -0.4 is 10.1 Å². The zero-order chi connectivity index (χ0) is 19.2. The zero-order valence-electron chi connectivity index (χ0n) is 16.8. The Kier molecular flexibility index (Phi) is 10.7. The van der Waals surface area contributed by atoms with Crippen LogP contribution in [0, 0.1) is 5.92 Å². The molecule has 2 N–H and O–H groups in total. The van der Waals surface area contributed by atoms with Crippen LogP contribution in [0.15, 0.2) is 18.2 Å². The van der Waals surface area contributed by atoms with E-state index < -0.39 is 5.97 Å². The fourth-order valence-corrected chi connectivity index (χ4v) is 3.72. The van der Waals surface area contributed by atoms with E-state index in [1.165, 1.54) is 11.1 Å². The van der Waals surface area contributed by atoms with Crippen LogP contribution in [0.3, 0.4) is 0 Å². The molecule has 29 heavy (non-hydrogen) atoms. The smallest absolute Gasteiger partial charge is 0.322 e. The molecule has 0 bridgehead atoms. The third kappa shape index (κ3) is 8.01. The van der Waals surface area contributed by atoms with Gasteiger partial charge in [0.1, 0.15) is 12.3 Å². The first-order chi connectivity index (χ1) is 13.0. The summed E-state index contributed by atoms with van der Waals surface area (Å²) >= 11 is 0. The van der Waals surface area contributed by atoms with Crippen LogP contribution in [0.5, 0.6) is 5.75 Å². The van der Waals surface area contributed by atoms with E-state index in [1.807, 2.05) is 0 Å². The third-order valence-electron chi connectivity index (χ3n) is 5.38. The van der Waals surface area contributed by atoms with Gasteiger partial charge in [-0.3, -0.25) is 14.5 Å². The summed E-state index contributed by atoms with van der Waals surface area (Å²) in [6.07, 6.45) is 3.07. The van der Waals surface area contributed by atoms with Gasteiger partial charge in [0.25, 0.3) is 0 Å². The maximum atomic E-state index is 11.7. The van der Waals surface area contributed by atoms with Crippen molar-refractivity contribution in [1.29, 1.82) is 0 Å². The molecule has 0 aromatic heterocycles. The van der Waals surface area contributed by atoms with Gasteiger partial charge in [0.2, 0.25) is 5.91 Å². The van der Waals surface area contributed by atoms with Crippen LogP contribution in [-0.4, -0.2) is 73.2 Å². The molecule has 1 aromatic carbocycles. The molecule has 3 rings (SSSR count). The van der Waals surface area contributed by atoms with Crippen LogP contribution in [0.1, 0.15) is 24.0 Å². The number of hydrogen-bond acceptors (Lipinski definition) is 5. The second-order valence-electron chi connectivity index (χ2n) is 7.62. The highest BCUT2D eigenvalue weighted by atomic mass is 35.5. The van der Waals surface area contributed by atoms with E-state index >= 15 is 0 Å². The average molecular weight is 448 g/mol. The van der Waals surface area contributed by atoms with Crippen molar-refractivity contribution in [2.45, 2.75) is 25.8 Å². The Morgan fingerprint density at radius 2 is 1.90 bits per heavy atom. The Balaban J connectivity index is 0.00000210. The lowest BCUT2D eigenvalue weighted by Gasteiger charge is -2.31. The van der Waals surface area contributed by atoms with Crippen LogP contribution in [-0.2, 0) is 22.6 Å². The third-order valence-corrected chi connectivity index (χ3v) is 5.38. The van der Waals surface area contributed by atoms with Crippen molar-refractivity contribution in [1.82, 2.24) is 15.1 Å². The zero-order valence-corrected chi connectivity index (χ0v) is 18.4. The SMILES string of the molecule is CN1CCc2ccc(OCC3CCN(CC(=O)NCC(=O)O)CC3)cc2C1.Cl.Cl. The Morgan fingerprint density at radius 3 is 2.59 bits per heavy atom. The number of amides is 1. The largest absolute Gasteiger partial charge is 0.493 e. The lowest BCUT2D eigenvalue weighted by molar-refractivity contribution is -0.138. The second kappa shape index (κ2) is 12.2. The molecule has 1 saturated heterocycles. The van der Waals surface area contributed by atoms with Gasteiger partial charge < -0.3 is 20.1 Å². The van der Waals surface area contributed by atoms with Gasteiger partial charge in [-0.25, -0.2) is 0 Å². The highest BCUT2D eigenvalue weighted by Gasteiger charge is 2.22. The first kappa shape index (κ1) is 25.5. The van der Waals surface area contributed by atoms with E-state index in [0.29, 0.717) is 12.5 Å². The quantitative estimate of drug-likeness (QED) is 0.662. The highest BCUT2D eigenvalue weighted by Crippen LogP contribution is 2.25. The molecule has 0 saturated carbocycles. The second-order valence-corrected chi connectivity index (χ2v) is 7.62. The lowest BCUT2D eigenvalue weighted by Crippen LogP contribution is -2.43. The summed E-state index contributed by atoms with van der Waals surface area (Å²) in [5, 5.41) is 11.0. The number of nitrogens with zero attached hydrogens (tertiary/aromatic N) is 2. The summed E-state index contributed by atoms with van der Waals surface area (Å²) < 4.78 is 6.05. The number of halogens is 2. The maximum absolute atomic E-state index is 11.7. The number of benzene rings is 1. The highest BCUT2D eigenvalue weighted by molar-refractivity contribution is 5.85. The molecule has 2 aliphatic heterocycles. The predicted octanol–water partition coefficient (Wildman–Crippen LogP) is 1.81. The van der Waals surface area contributed by atoms with Crippen molar-refractivity contribution in [3.63, 3.8) is 0 Å². The number of fused-ring (bicyclic) bond motifs is 1. The number of hydrogen-bond donors (Lipinski definition) is 2. The number of carboxylic acids is 1. The predicted molar refractivity (Wildman–Crippen MR) is 116 cm³/mol. The summed E-state index contributed by atoms with van der Waals surface area (Å²) in [7, 11) is 2.15. The minimum atomic E-state index is -1.02. The number of aliphatic carboxylic acids is 1. The maximum Gasteiger partial charge on any atom is 0.322 e. The monoisotopic (exact) mass is 447 g/mol. The van der Waals surface area contributed by atoms with Crippen LogP contribution in [0.2, 0.25) is 0 Å². The van der Waals surface area contributed by atoms with Crippen LogP contribution in [0.4, 0.5) is 0 Å². The average Bonchev–Trinajstić information content (AvgIpc) is 2.65. The number of ether oxygens (including phenoxy) is 1. The molecule has 0 radical (unpaired) electrons. The van der Waals surface area contributed by atoms with E-state index in [9.17, 15) is 9.59 Å². The van der Waals surface area contributed by atoms with Crippen molar-refractivity contribution < 1.29 is 19.4 Å². The molecule has 0 atom stereocenters. The van der Waals surface area contributed by atoms with Gasteiger partial charge in [-0.2, -0.15) is 0 Å². The van der Waals surface area contributed by atoms with Crippen molar-refractivity contribution >= 4 is 36.7 Å². The molecular formula is C20H31Cl2N3O4. The molecular weight excluding hydrogens is 417 g/mol. The number of nitrogens with one attached hydrogen (secondary N) is 1. The van der Waals surface area contributed by atoms with Gasteiger partial charge in [0.05, 0.1) is 13.2 Å². The van der Waals surface area contributed by atoms with E-state index in [4.69, 9.17) is 9.84 Å². The summed E-state index contributed by atoms with van der Waals surface area (Å²) in [5.41, 5.74) is 2.79. The molecule has 0 aliphatic carbocycles. The van der Waals surface area contributed by atoms with Gasteiger partial charge in [-0.15, -0.1) is 24.8 Å². The van der Waals surface area contributed by atoms with Crippen molar-refractivity contribution in [3.05, 3.63) is 29.3 Å². The number of likely N-dealkylation sites (N-methyl/N-ethyl adjacent to an activating group) is 1. The standard InChI is InChI=1S/C20H29N3O4.2ClH/c1-22-7-6-16-2-3-18(10-17(16)12-22)27-14-15-4-8-23(9-5-15)13-19(24)21-11-20(25)26;;/h2-3,10,15H,4-9,11-14H2,1H3,(H,21,24)(H,25,26);2*1H. The molecule has 1 fully saturated rings. The minimum absolute atomic E-state index is 0. The molecule has 1 aromatic rings. The summed E-state index contributed by atoms with van der Waals surface area (Å²) in [6, 6.07) is 6.44. The van der Waals surface area contributed by atoms with E-state index in [0.717, 1.165) is 51.2 Å². The van der Waals surface area contributed by atoms with Crippen LogP contribution >= 0.6 is 24.8 Å². The number of carbonyl (C=O) groups excluding carboxylic acids is 1. The van der Waals surface area contributed by atoms with E-state index in [1.54, 1.807) is 0 Å². The fourth-order valence-electron chi connectivity index (χ4n) is 3.72. The van der Waals surface area contributed by atoms with E-state index in [-0.39, 0.29) is 43.8 Å². The van der Waals surface area contributed by atoms with Crippen molar-refractivity contribution in [3.8, 4) is 5.75 Å². The van der Waals surface area contributed by atoms with Crippen molar-refractivity contribution in [2.75, 3.05) is 46.4 Å². The fraction of sp³-hybridized carbons (Fsp3) is 0.600. The van der Waals surface area contributed by atoms with Gasteiger partial charge in [-0.05, 0) is 68.6 Å². The molecule has 0 spiro atoms. The van der Waals surface area contributed by atoms with Crippen molar-refractivity contribution in [2.24, 2.45) is 5.92 Å². The summed E-state index contributed by atoms with van der Waals surface area (Å²) in [6.45, 7) is 4.41. The summed E-state index contributed by atoms with van der Waals surface area (Å²) in [5.74, 6) is 0.181. The normalized spacial score (nSPS) is 17.4. The number of rotatable bonds is 7. The van der Waals surface area contributed by atoms with Gasteiger partial charge in [-0.1, -0.05) is 6.07 Å². The Labute approximate surface area is 184 Å². The molecule has 2 aliphatic rings. The number of carboxylic acid groups (broad SMARTS) is 1. The Bertz CT molecular complexity index is 682. The first-order valence-electron chi connectivity index (χ1n) is 9.63. The molecule has 1 amide bonds. The molecule has 164 valence electrons. The first-order valence-corrected chi connectivity index (χ1v) is 9.63. The topological polar surface area (TPSA) is 82.1 Å². The van der Waals surface area contributed by atoms with Gasteiger partial charge in [0.15, 0.2) is 0 Å². The molecule has 7 nitrogen and oxygen atoms in total. The van der Waals surface area contributed by atoms with Crippen LogP contribution in [0.25, 0.3) is 0 Å². The summed E-state index contributed by atoms with van der Waals surface area (Å²) in [4.78, 5) is 26.6. The molecule has 2 heterocycles. The van der Waals surface area contributed by atoms with Gasteiger partial charge >= 0.3 is 5.97 Å². The number of piperidine rings is 1. The molecule has 9 heteroatoms. The Morgan fingerprint density at radius 1 is 1.17 bits per heavy atom. The molecule has 0 unspecified atom stereocenters. The minimum Gasteiger partial charge on any atom is -0.493 e.